The van der Waals surface area contributed by atoms with Crippen molar-refractivity contribution in [3.63, 3.8) is 0 Å². The van der Waals surface area contributed by atoms with Crippen LogP contribution in [0.3, 0.4) is 0 Å². The Labute approximate surface area is 231 Å². The number of rotatable bonds is 11. The van der Waals surface area contributed by atoms with Gasteiger partial charge in [-0.25, -0.2) is 13.1 Å². The molecule has 2 amide bonds. The van der Waals surface area contributed by atoms with Gasteiger partial charge < -0.3 is 15.4 Å². The van der Waals surface area contributed by atoms with Crippen LogP contribution in [0.1, 0.15) is 47.3 Å². The molecule has 0 fully saturated rings. The highest BCUT2D eigenvalue weighted by Gasteiger charge is 2.30. The van der Waals surface area contributed by atoms with Crippen LogP contribution in [-0.4, -0.2) is 67.8 Å². The van der Waals surface area contributed by atoms with E-state index in [0.717, 1.165) is 10.9 Å². The number of hydrogen-bond donors (Lipinski definition) is 2. The second kappa shape index (κ2) is 13.1. The van der Waals surface area contributed by atoms with Crippen molar-refractivity contribution in [2.24, 2.45) is 0 Å². The highest BCUT2D eigenvalue weighted by Crippen LogP contribution is 2.30. The molecule has 0 atom stereocenters. The lowest BCUT2D eigenvalue weighted by atomic mass is 10.0. The van der Waals surface area contributed by atoms with Gasteiger partial charge in [0.1, 0.15) is 22.9 Å². The molecule has 2 N–H and O–H groups in total. The van der Waals surface area contributed by atoms with Gasteiger partial charge in [-0.3, -0.25) is 14.3 Å². The fraction of sp³-hybridized carbons (Fsp3) is 0.542. The van der Waals surface area contributed by atoms with Crippen molar-refractivity contribution < 1.29 is 53.8 Å². The summed E-state index contributed by atoms with van der Waals surface area (Å²) in [4.78, 5) is 25.8. The Hall–Kier alpha value is -3.34. The summed E-state index contributed by atoms with van der Waals surface area (Å²) in [7, 11) is -3.75. The number of halogens is 6. The molecule has 10 nitrogen and oxygen atoms in total. The third kappa shape index (κ3) is 10.5. The number of nitrogens with one attached hydrogen (secondary N) is 2. The van der Waals surface area contributed by atoms with E-state index >= 15 is 0 Å². The molecular weight excluding hydrogens is 586 g/mol. The second-order valence-corrected chi connectivity index (χ2v) is 11.5. The molecule has 17 heteroatoms. The number of amides is 2. The van der Waals surface area contributed by atoms with Crippen LogP contribution in [0.4, 0.5) is 37.8 Å². The molecule has 2 aromatic rings. The maximum Gasteiger partial charge on any atom is 0.522 e. The molecular formula is C24H28F6N4O6S. The van der Waals surface area contributed by atoms with Crippen molar-refractivity contribution >= 4 is 33.2 Å². The van der Waals surface area contributed by atoms with E-state index in [1.165, 1.54) is 12.1 Å². The lowest BCUT2D eigenvalue weighted by Gasteiger charge is -2.14. The fourth-order valence-corrected chi connectivity index (χ4v) is 4.65. The van der Waals surface area contributed by atoms with E-state index in [2.05, 4.69) is 20.5 Å². The van der Waals surface area contributed by atoms with Crippen molar-refractivity contribution in [2.75, 3.05) is 35.9 Å². The monoisotopic (exact) mass is 614 g/mol. The van der Waals surface area contributed by atoms with Gasteiger partial charge in [0, 0.05) is 24.9 Å². The Morgan fingerprint density at radius 3 is 2.51 bits per heavy atom. The van der Waals surface area contributed by atoms with Crippen LogP contribution in [0.5, 0.6) is 5.75 Å². The summed E-state index contributed by atoms with van der Waals surface area (Å²) in [6.07, 6.45) is -8.66. The standard InChI is InChI=1S/C24H28F6N4O6S/c1-41(37,38)14-19(35)32-21-20-18(33-34(21)10-4-12-40-24(28,29)30)6-2-5-15-13-16(7-8-17(15)31-22(20)36)39-11-3-9-23(25,26)27/h7-8,13H,2-6,9-12,14H2,1H3,(H,31,36)(H,32,35). The van der Waals surface area contributed by atoms with Crippen molar-refractivity contribution in [1.29, 1.82) is 0 Å². The molecule has 0 saturated carbocycles. The Kier molecular flexibility index (Phi) is 10.3. The average molecular weight is 615 g/mol. The first-order valence-corrected chi connectivity index (χ1v) is 14.5. The summed E-state index contributed by atoms with van der Waals surface area (Å²) in [6.45, 7) is -1.06. The van der Waals surface area contributed by atoms with E-state index < -0.39 is 53.0 Å². The number of nitrogens with zero attached hydrogens (tertiary/aromatic N) is 2. The molecule has 3 rings (SSSR count). The van der Waals surface area contributed by atoms with Gasteiger partial charge >= 0.3 is 12.5 Å². The van der Waals surface area contributed by atoms with Crippen LogP contribution < -0.4 is 15.4 Å². The van der Waals surface area contributed by atoms with E-state index in [-0.39, 0.29) is 49.5 Å². The van der Waals surface area contributed by atoms with Gasteiger partial charge in [-0.2, -0.15) is 18.3 Å². The molecule has 0 bridgehead atoms. The third-order valence-corrected chi connectivity index (χ3v) is 6.53. The van der Waals surface area contributed by atoms with E-state index in [4.69, 9.17) is 4.74 Å². The number of alkyl halides is 6. The second-order valence-electron chi connectivity index (χ2n) is 9.35. The number of hydrogen-bond acceptors (Lipinski definition) is 7. The number of carbonyl (C=O) groups is 2. The van der Waals surface area contributed by atoms with Gasteiger partial charge in [0.2, 0.25) is 5.91 Å². The number of aromatic nitrogens is 2. The number of anilines is 2. The lowest BCUT2D eigenvalue weighted by molar-refractivity contribution is -0.324. The Bertz CT molecular complexity index is 1360. The van der Waals surface area contributed by atoms with Crippen molar-refractivity contribution in [2.45, 2.75) is 57.6 Å². The summed E-state index contributed by atoms with van der Waals surface area (Å²) in [5, 5.41) is 9.37. The summed E-state index contributed by atoms with van der Waals surface area (Å²) >= 11 is 0. The molecule has 0 radical (unpaired) electrons. The molecule has 41 heavy (non-hydrogen) atoms. The minimum absolute atomic E-state index is 0.0797. The van der Waals surface area contributed by atoms with Gasteiger partial charge in [-0.1, -0.05) is 0 Å². The van der Waals surface area contributed by atoms with Crippen LogP contribution in [-0.2, 0) is 38.8 Å². The number of aryl methyl sites for hydroxylation is 3. The first-order chi connectivity index (χ1) is 19.0. The first kappa shape index (κ1) is 32.2. The predicted octanol–water partition coefficient (Wildman–Crippen LogP) is 4.26. The third-order valence-electron chi connectivity index (χ3n) is 5.74. The molecule has 1 aromatic heterocycles. The fourth-order valence-electron chi connectivity index (χ4n) is 4.10. The SMILES string of the molecule is CS(=O)(=O)CC(=O)Nc1c2c(nn1CCCOC(F)(F)F)CCCc1cc(OCCCC(F)(F)F)ccc1NC2=O. The molecule has 1 aromatic carbocycles. The van der Waals surface area contributed by atoms with Crippen molar-refractivity contribution in [3.05, 3.63) is 35.0 Å². The van der Waals surface area contributed by atoms with Crippen LogP contribution in [0.2, 0.25) is 0 Å². The minimum Gasteiger partial charge on any atom is -0.494 e. The maximum absolute atomic E-state index is 13.4. The molecule has 1 aliphatic rings. The van der Waals surface area contributed by atoms with Crippen molar-refractivity contribution in [1.82, 2.24) is 9.78 Å². The zero-order chi connectivity index (χ0) is 30.4. The van der Waals surface area contributed by atoms with Gasteiger partial charge in [0.25, 0.3) is 5.91 Å². The van der Waals surface area contributed by atoms with Gasteiger partial charge in [0.15, 0.2) is 9.84 Å². The van der Waals surface area contributed by atoms with E-state index in [1.54, 1.807) is 6.07 Å². The highest BCUT2D eigenvalue weighted by atomic mass is 32.2. The number of carbonyl (C=O) groups excluding carboxylic acids is 2. The Morgan fingerprint density at radius 1 is 1.12 bits per heavy atom. The normalized spacial score (nSPS) is 14.3. The van der Waals surface area contributed by atoms with E-state index in [9.17, 15) is 44.3 Å². The van der Waals surface area contributed by atoms with Crippen LogP contribution in [0, 0.1) is 0 Å². The molecule has 0 saturated heterocycles. The number of sulfone groups is 1. The lowest BCUT2D eigenvalue weighted by Crippen LogP contribution is -2.26. The number of benzene rings is 1. The average Bonchev–Trinajstić information content (AvgIpc) is 3.17. The first-order valence-electron chi connectivity index (χ1n) is 12.4. The number of ether oxygens (including phenoxy) is 2. The maximum atomic E-state index is 13.4. The molecule has 2 heterocycles. The van der Waals surface area contributed by atoms with E-state index in [0.29, 0.717) is 29.8 Å². The zero-order valence-corrected chi connectivity index (χ0v) is 22.6. The van der Waals surface area contributed by atoms with Gasteiger partial charge in [-0.05, 0) is 55.9 Å². The largest absolute Gasteiger partial charge is 0.522 e. The van der Waals surface area contributed by atoms with Crippen molar-refractivity contribution in [3.8, 4) is 5.75 Å². The molecule has 0 unspecified atom stereocenters. The molecule has 0 aliphatic carbocycles. The smallest absolute Gasteiger partial charge is 0.494 e. The van der Waals surface area contributed by atoms with Crippen LogP contribution >= 0.6 is 0 Å². The van der Waals surface area contributed by atoms with Crippen LogP contribution in [0.15, 0.2) is 18.2 Å². The molecule has 0 spiro atoms. The highest BCUT2D eigenvalue weighted by molar-refractivity contribution is 7.91. The summed E-state index contributed by atoms with van der Waals surface area (Å²) in [5.74, 6) is -2.44. The van der Waals surface area contributed by atoms with Gasteiger partial charge in [0.05, 0.1) is 18.9 Å². The summed E-state index contributed by atoms with van der Waals surface area (Å²) < 4.78 is 108. The molecule has 1 aliphatic heterocycles. The summed E-state index contributed by atoms with van der Waals surface area (Å²) in [5.41, 5.74) is 1.15. The minimum atomic E-state index is -4.84. The Morgan fingerprint density at radius 2 is 1.85 bits per heavy atom. The topological polar surface area (TPSA) is 129 Å². The van der Waals surface area contributed by atoms with Crippen LogP contribution in [0.25, 0.3) is 0 Å². The zero-order valence-electron chi connectivity index (χ0n) is 21.8. The van der Waals surface area contributed by atoms with E-state index in [1.807, 2.05) is 0 Å². The predicted molar refractivity (Wildman–Crippen MR) is 134 cm³/mol. The quantitative estimate of drug-likeness (QED) is 0.286. The summed E-state index contributed by atoms with van der Waals surface area (Å²) in [6, 6.07) is 4.59. The Balaban J connectivity index is 1.84. The number of fused-ring (bicyclic) bond motifs is 2. The van der Waals surface area contributed by atoms with Gasteiger partial charge in [-0.15, -0.1) is 13.2 Å². The molecule has 228 valence electrons.